The summed E-state index contributed by atoms with van der Waals surface area (Å²) >= 11 is 5.99. The van der Waals surface area contributed by atoms with Crippen molar-refractivity contribution in [1.29, 1.82) is 0 Å². The first-order chi connectivity index (χ1) is 9.27. The van der Waals surface area contributed by atoms with Crippen molar-refractivity contribution >= 4 is 17.5 Å². The fourth-order valence-corrected chi connectivity index (χ4v) is 2.31. The van der Waals surface area contributed by atoms with Crippen molar-refractivity contribution in [2.24, 2.45) is 5.92 Å². The molecule has 112 valence electrons. The Morgan fingerprint density at radius 3 is 2.55 bits per heavy atom. The minimum Gasteiger partial charge on any atom is -0.394 e. The van der Waals surface area contributed by atoms with Crippen LogP contribution in [0.3, 0.4) is 0 Å². The first kappa shape index (κ1) is 17.0. The molecule has 0 saturated heterocycles. The van der Waals surface area contributed by atoms with Gasteiger partial charge in [0.05, 0.1) is 18.1 Å². The van der Waals surface area contributed by atoms with Gasteiger partial charge < -0.3 is 10.4 Å². The van der Waals surface area contributed by atoms with E-state index in [0.29, 0.717) is 10.9 Å². The maximum atomic E-state index is 12.5. The van der Waals surface area contributed by atoms with Gasteiger partial charge in [-0.3, -0.25) is 4.79 Å². The molecule has 0 radical (unpaired) electrons. The van der Waals surface area contributed by atoms with Crippen LogP contribution in [0.25, 0.3) is 0 Å². The van der Waals surface area contributed by atoms with Gasteiger partial charge in [0.25, 0.3) is 0 Å². The molecule has 1 rings (SSSR count). The number of hydrogen-bond acceptors (Lipinski definition) is 2. The van der Waals surface area contributed by atoms with Crippen LogP contribution < -0.4 is 5.32 Å². The summed E-state index contributed by atoms with van der Waals surface area (Å²) in [5, 5.41) is 12.9. The molecule has 0 aliphatic heterocycles. The average molecular weight is 298 g/mol. The summed E-state index contributed by atoms with van der Waals surface area (Å²) in [6, 6.07) is 7.11. The number of halogens is 1. The lowest BCUT2D eigenvalue weighted by Gasteiger charge is -2.28. The number of aliphatic hydroxyl groups is 1. The zero-order valence-corrected chi connectivity index (χ0v) is 13.4. The van der Waals surface area contributed by atoms with Crippen LogP contribution in [0, 0.1) is 5.92 Å². The highest BCUT2D eigenvalue weighted by Crippen LogP contribution is 2.26. The minimum absolute atomic E-state index is 0.0461. The second kappa shape index (κ2) is 7.09. The summed E-state index contributed by atoms with van der Waals surface area (Å²) in [5.74, 6) is 0.321. The van der Waals surface area contributed by atoms with E-state index in [0.717, 1.165) is 12.0 Å². The van der Waals surface area contributed by atoms with Crippen molar-refractivity contribution in [3.8, 4) is 0 Å². The largest absolute Gasteiger partial charge is 0.394 e. The smallest absolute Gasteiger partial charge is 0.230 e. The van der Waals surface area contributed by atoms with E-state index in [-0.39, 0.29) is 18.6 Å². The maximum absolute atomic E-state index is 12.5. The highest BCUT2D eigenvalue weighted by Gasteiger charge is 2.31. The molecule has 1 aromatic carbocycles. The van der Waals surface area contributed by atoms with Crippen molar-refractivity contribution in [3.63, 3.8) is 0 Å². The minimum atomic E-state index is -0.685. The summed E-state index contributed by atoms with van der Waals surface area (Å²) in [6.45, 7) is 7.80. The van der Waals surface area contributed by atoms with E-state index in [1.807, 2.05) is 26.0 Å². The lowest BCUT2D eigenvalue weighted by Crippen LogP contribution is -2.47. The number of amides is 1. The Hall–Kier alpha value is -1.06. The number of nitrogens with one attached hydrogen (secondary N) is 1. The number of carbonyl (C=O) groups is 1. The molecule has 1 atom stereocenters. The SMILES string of the molecule is CC(C)CC(CO)NC(=O)C(C)(C)c1cccc(Cl)c1. The average Bonchev–Trinajstić information content (AvgIpc) is 2.37. The molecule has 1 amide bonds. The lowest BCUT2D eigenvalue weighted by atomic mass is 9.83. The highest BCUT2D eigenvalue weighted by atomic mass is 35.5. The zero-order valence-electron chi connectivity index (χ0n) is 12.6. The molecule has 0 heterocycles. The molecule has 3 nitrogen and oxygen atoms in total. The second-order valence-electron chi connectivity index (χ2n) is 6.12. The summed E-state index contributed by atoms with van der Waals surface area (Å²) < 4.78 is 0. The Balaban J connectivity index is 2.83. The van der Waals surface area contributed by atoms with Crippen molar-refractivity contribution in [2.45, 2.75) is 45.6 Å². The van der Waals surface area contributed by atoms with Crippen LogP contribution >= 0.6 is 11.6 Å². The second-order valence-corrected chi connectivity index (χ2v) is 6.55. The van der Waals surface area contributed by atoms with Crippen molar-refractivity contribution in [1.82, 2.24) is 5.32 Å². The molecular weight excluding hydrogens is 274 g/mol. The van der Waals surface area contributed by atoms with Crippen LogP contribution in [0.15, 0.2) is 24.3 Å². The third-order valence-electron chi connectivity index (χ3n) is 3.43. The summed E-state index contributed by atoms with van der Waals surface area (Å²) in [5.41, 5.74) is 0.179. The van der Waals surface area contributed by atoms with E-state index in [1.54, 1.807) is 12.1 Å². The predicted molar refractivity (Wildman–Crippen MR) is 82.9 cm³/mol. The molecule has 0 fully saturated rings. The summed E-state index contributed by atoms with van der Waals surface area (Å²) in [4.78, 5) is 12.5. The number of hydrogen-bond donors (Lipinski definition) is 2. The molecule has 20 heavy (non-hydrogen) atoms. The number of aliphatic hydroxyl groups excluding tert-OH is 1. The maximum Gasteiger partial charge on any atom is 0.230 e. The standard InChI is InChI=1S/C16H24ClNO2/c1-11(2)8-14(10-19)18-15(20)16(3,4)12-6-5-7-13(17)9-12/h5-7,9,11,14,19H,8,10H2,1-4H3,(H,18,20). The van der Waals surface area contributed by atoms with E-state index < -0.39 is 5.41 Å². The lowest BCUT2D eigenvalue weighted by molar-refractivity contribution is -0.126. The number of rotatable bonds is 6. The van der Waals surface area contributed by atoms with Crippen LogP contribution in [-0.4, -0.2) is 23.7 Å². The normalized spacial score (nSPS) is 13.3. The van der Waals surface area contributed by atoms with Gasteiger partial charge >= 0.3 is 0 Å². The first-order valence-electron chi connectivity index (χ1n) is 6.95. The quantitative estimate of drug-likeness (QED) is 0.847. The van der Waals surface area contributed by atoms with E-state index in [1.165, 1.54) is 0 Å². The van der Waals surface area contributed by atoms with Crippen LogP contribution in [0.1, 0.15) is 39.7 Å². The predicted octanol–water partition coefficient (Wildman–Crippen LogP) is 3.14. The van der Waals surface area contributed by atoms with Gasteiger partial charge in [-0.1, -0.05) is 37.6 Å². The Kier molecular flexibility index (Phi) is 6.03. The topological polar surface area (TPSA) is 49.3 Å². The van der Waals surface area contributed by atoms with Crippen molar-refractivity contribution in [2.75, 3.05) is 6.61 Å². The fourth-order valence-electron chi connectivity index (χ4n) is 2.12. The van der Waals surface area contributed by atoms with E-state index >= 15 is 0 Å². The summed E-state index contributed by atoms with van der Waals surface area (Å²) in [7, 11) is 0. The molecule has 0 aromatic heterocycles. The van der Waals surface area contributed by atoms with Crippen LogP contribution in [0.5, 0.6) is 0 Å². The van der Waals surface area contributed by atoms with Gasteiger partial charge in [-0.2, -0.15) is 0 Å². The van der Waals surface area contributed by atoms with Gasteiger partial charge in [-0.15, -0.1) is 0 Å². The Morgan fingerprint density at radius 1 is 1.40 bits per heavy atom. The zero-order chi connectivity index (χ0) is 15.3. The molecule has 2 N–H and O–H groups in total. The van der Waals surface area contributed by atoms with Crippen molar-refractivity contribution in [3.05, 3.63) is 34.9 Å². The van der Waals surface area contributed by atoms with Gasteiger partial charge in [0.2, 0.25) is 5.91 Å². The van der Waals surface area contributed by atoms with Gasteiger partial charge in [-0.05, 0) is 43.9 Å². The summed E-state index contributed by atoms with van der Waals surface area (Å²) in [6.07, 6.45) is 0.758. The number of carbonyl (C=O) groups excluding carboxylic acids is 1. The monoisotopic (exact) mass is 297 g/mol. The van der Waals surface area contributed by atoms with Crippen LogP contribution in [0.2, 0.25) is 5.02 Å². The molecule has 0 aliphatic carbocycles. The molecule has 0 bridgehead atoms. The molecule has 1 unspecified atom stereocenters. The Bertz CT molecular complexity index is 458. The molecule has 0 spiro atoms. The number of benzene rings is 1. The van der Waals surface area contributed by atoms with Crippen LogP contribution in [-0.2, 0) is 10.2 Å². The van der Waals surface area contributed by atoms with Gasteiger partial charge in [0.15, 0.2) is 0 Å². The Morgan fingerprint density at radius 2 is 2.05 bits per heavy atom. The molecular formula is C16H24ClNO2. The van der Waals surface area contributed by atoms with Gasteiger partial charge in [-0.25, -0.2) is 0 Å². The van der Waals surface area contributed by atoms with E-state index in [4.69, 9.17) is 11.6 Å². The van der Waals surface area contributed by atoms with E-state index in [2.05, 4.69) is 19.2 Å². The molecule has 4 heteroatoms. The van der Waals surface area contributed by atoms with E-state index in [9.17, 15) is 9.90 Å². The van der Waals surface area contributed by atoms with Gasteiger partial charge in [0.1, 0.15) is 0 Å². The Labute approximate surface area is 126 Å². The molecule has 1 aromatic rings. The first-order valence-corrected chi connectivity index (χ1v) is 7.33. The van der Waals surface area contributed by atoms with Crippen molar-refractivity contribution < 1.29 is 9.90 Å². The third kappa shape index (κ3) is 4.50. The third-order valence-corrected chi connectivity index (χ3v) is 3.66. The van der Waals surface area contributed by atoms with Crippen LogP contribution in [0.4, 0.5) is 0 Å². The fraction of sp³-hybridized carbons (Fsp3) is 0.562. The molecule has 0 aliphatic rings. The highest BCUT2D eigenvalue weighted by molar-refractivity contribution is 6.30. The molecule has 0 saturated carbocycles. The van der Waals surface area contributed by atoms with Gasteiger partial charge in [0, 0.05) is 5.02 Å².